The van der Waals surface area contributed by atoms with Gasteiger partial charge < -0.3 is 10.2 Å². The maximum Gasteiger partial charge on any atom is 0.235 e. The summed E-state index contributed by atoms with van der Waals surface area (Å²) in [6, 6.07) is 16.2. The Morgan fingerprint density at radius 2 is 1.71 bits per heavy atom. The molecule has 0 aliphatic heterocycles. The average molecular weight is 379 g/mol. The van der Waals surface area contributed by atoms with E-state index in [4.69, 9.17) is 0 Å². The molecule has 0 heterocycles. The maximum atomic E-state index is 13.0. The zero-order valence-electron chi connectivity index (χ0n) is 17.5. The highest BCUT2D eigenvalue weighted by atomic mass is 16.2. The summed E-state index contributed by atoms with van der Waals surface area (Å²) in [7, 11) is 1.77. The minimum Gasteiger partial charge on any atom is -0.342 e. The number of hydrogen-bond acceptors (Lipinski definition) is 2. The van der Waals surface area contributed by atoms with Gasteiger partial charge in [0.25, 0.3) is 0 Å². The molecular formula is C24H30N2O2. The molecule has 4 heteroatoms. The van der Waals surface area contributed by atoms with Crippen LogP contribution in [0.15, 0.2) is 48.5 Å². The van der Waals surface area contributed by atoms with Crippen molar-refractivity contribution in [3.05, 3.63) is 65.2 Å². The first kappa shape index (κ1) is 20.1. The van der Waals surface area contributed by atoms with Crippen LogP contribution in [0.2, 0.25) is 0 Å². The summed E-state index contributed by atoms with van der Waals surface area (Å²) >= 11 is 0. The van der Waals surface area contributed by atoms with E-state index in [2.05, 4.69) is 50.4 Å². The normalized spacial score (nSPS) is 15.0. The van der Waals surface area contributed by atoms with Crippen LogP contribution in [0.25, 0.3) is 0 Å². The lowest BCUT2D eigenvalue weighted by molar-refractivity contribution is -0.128. The summed E-state index contributed by atoms with van der Waals surface area (Å²) < 4.78 is 0. The molecule has 1 aliphatic rings. The van der Waals surface area contributed by atoms with Crippen LogP contribution in [0.4, 0.5) is 5.69 Å². The number of amides is 2. The Morgan fingerprint density at radius 3 is 2.25 bits per heavy atom. The third-order valence-corrected chi connectivity index (χ3v) is 5.63. The molecule has 0 aromatic heterocycles. The van der Waals surface area contributed by atoms with Gasteiger partial charge in [-0.05, 0) is 47.1 Å². The maximum absolute atomic E-state index is 13.0. The fourth-order valence-electron chi connectivity index (χ4n) is 3.44. The van der Waals surface area contributed by atoms with E-state index >= 15 is 0 Å². The summed E-state index contributed by atoms with van der Waals surface area (Å²) in [5, 5.41) is 3.09. The molecule has 1 fully saturated rings. The van der Waals surface area contributed by atoms with Crippen LogP contribution in [0.3, 0.4) is 0 Å². The third kappa shape index (κ3) is 4.27. The molecule has 0 unspecified atom stereocenters. The SMILES string of the molecule is CC(=O)N(C)Cc1cccc(NC(=O)C2(c3ccc(C(C)(C)C)cc3)CC2)c1. The van der Waals surface area contributed by atoms with Crippen LogP contribution in [-0.2, 0) is 27.0 Å². The van der Waals surface area contributed by atoms with Gasteiger partial charge in [0.05, 0.1) is 5.41 Å². The molecule has 0 bridgehead atoms. The quantitative estimate of drug-likeness (QED) is 0.824. The Hall–Kier alpha value is -2.62. The number of benzene rings is 2. The molecule has 2 amide bonds. The van der Waals surface area contributed by atoms with Gasteiger partial charge in [0.1, 0.15) is 0 Å². The van der Waals surface area contributed by atoms with Crippen molar-refractivity contribution in [2.45, 2.75) is 57.9 Å². The first-order valence-corrected chi connectivity index (χ1v) is 9.85. The van der Waals surface area contributed by atoms with Gasteiger partial charge in [-0.1, -0.05) is 57.2 Å². The predicted octanol–water partition coefficient (Wildman–Crippen LogP) is 4.63. The van der Waals surface area contributed by atoms with E-state index in [1.165, 1.54) is 5.56 Å². The Kier molecular flexibility index (Phi) is 5.33. The van der Waals surface area contributed by atoms with E-state index in [1.807, 2.05) is 24.3 Å². The third-order valence-electron chi connectivity index (χ3n) is 5.63. The highest BCUT2D eigenvalue weighted by Gasteiger charge is 2.51. The van der Waals surface area contributed by atoms with E-state index in [9.17, 15) is 9.59 Å². The largest absolute Gasteiger partial charge is 0.342 e. The van der Waals surface area contributed by atoms with Gasteiger partial charge in [-0.15, -0.1) is 0 Å². The van der Waals surface area contributed by atoms with Crippen molar-refractivity contribution in [2.75, 3.05) is 12.4 Å². The van der Waals surface area contributed by atoms with Gasteiger partial charge in [0, 0.05) is 26.2 Å². The highest BCUT2D eigenvalue weighted by molar-refractivity contribution is 6.01. The second-order valence-electron chi connectivity index (χ2n) is 8.94. The van der Waals surface area contributed by atoms with Gasteiger partial charge in [-0.2, -0.15) is 0 Å². The lowest BCUT2D eigenvalue weighted by Gasteiger charge is -2.21. The standard InChI is InChI=1S/C24H30N2O2/c1-17(27)26(5)16-18-7-6-8-21(15-18)25-22(28)24(13-14-24)20-11-9-19(10-12-20)23(2,3)4/h6-12,15H,13-14,16H2,1-5H3,(H,25,28). The Bertz CT molecular complexity index is 874. The van der Waals surface area contributed by atoms with E-state index in [-0.39, 0.29) is 17.2 Å². The van der Waals surface area contributed by atoms with Gasteiger partial charge in [0.15, 0.2) is 0 Å². The summed E-state index contributed by atoms with van der Waals surface area (Å²) in [5.74, 6) is 0.0677. The first-order chi connectivity index (χ1) is 13.1. The summed E-state index contributed by atoms with van der Waals surface area (Å²) in [5.41, 5.74) is 3.82. The minimum absolute atomic E-state index is 0.0186. The molecule has 0 radical (unpaired) electrons. The van der Waals surface area contributed by atoms with Crippen molar-refractivity contribution in [2.24, 2.45) is 0 Å². The van der Waals surface area contributed by atoms with E-state index < -0.39 is 5.41 Å². The van der Waals surface area contributed by atoms with Crippen molar-refractivity contribution in [1.29, 1.82) is 0 Å². The van der Waals surface area contributed by atoms with Crippen molar-refractivity contribution in [3.63, 3.8) is 0 Å². The molecule has 1 aliphatic carbocycles. The monoisotopic (exact) mass is 378 g/mol. The Balaban J connectivity index is 1.73. The molecule has 0 spiro atoms. The fraction of sp³-hybridized carbons (Fsp3) is 0.417. The van der Waals surface area contributed by atoms with Crippen molar-refractivity contribution >= 4 is 17.5 Å². The zero-order valence-corrected chi connectivity index (χ0v) is 17.5. The number of rotatable bonds is 5. The smallest absolute Gasteiger partial charge is 0.235 e. The lowest BCUT2D eigenvalue weighted by atomic mass is 9.85. The Morgan fingerprint density at radius 1 is 1.07 bits per heavy atom. The topological polar surface area (TPSA) is 49.4 Å². The molecule has 3 rings (SSSR count). The second-order valence-corrected chi connectivity index (χ2v) is 8.94. The molecule has 0 saturated heterocycles. The molecule has 0 atom stereocenters. The molecule has 1 saturated carbocycles. The minimum atomic E-state index is -0.414. The van der Waals surface area contributed by atoms with E-state index in [0.29, 0.717) is 6.54 Å². The zero-order chi connectivity index (χ0) is 20.5. The number of nitrogens with one attached hydrogen (secondary N) is 1. The van der Waals surface area contributed by atoms with Crippen molar-refractivity contribution in [3.8, 4) is 0 Å². The average Bonchev–Trinajstić information content (AvgIpc) is 3.43. The molecule has 2 aromatic carbocycles. The van der Waals surface area contributed by atoms with E-state index in [0.717, 1.165) is 29.7 Å². The van der Waals surface area contributed by atoms with Crippen LogP contribution in [0, 0.1) is 0 Å². The van der Waals surface area contributed by atoms with Gasteiger partial charge in [0.2, 0.25) is 11.8 Å². The van der Waals surface area contributed by atoms with Gasteiger partial charge in [-0.25, -0.2) is 0 Å². The van der Waals surface area contributed by atoms with Crippen LogP contribution < -0.4 is 5.32 Å². The highest BCUT2D eigenvalue weighted by Crippen LogP contribution is 2.49. The summed E-state index contributed by atoms with van der Waals surface area (Å²) in [6.07, 6.45) is 1.75. The molecule has 28 heavy (non-hydrogen) atoms. The first-order valence-electron chi connectivity index (χ1n) is 9.85. The number of anilines is 1. The predicted molar refractivity (Wildman–Crippen MR) is 113 cm³/mol. The summed E-state index contributed by atoms with van der Waals surface area (Å²) in [4.78, 5) is 26.1. The fourth-order valence-corrected chi connectivity index (χ4v) is 3.44. The lowest BCUT2D eigenvalue weighted by Crippen LogP contribution is -2.28. The van der Waals surface area contributed by atoms with Crippen LogP contribution >= 0.6 is 0 Å². The number of hydrogen-bond donors (Lipinski definition) is 1. The molecule has 4 nitrogen and oxygen atoms in total. The summed E-state index contributed by atoms with van der Waals surface area (Å²) in [6.45, 7) is 8.65. The number of nitrogens with zero attached hydrogens (tertiary/aromatic N) is 1. The van der Waals surface area contributed by atoms with Crippen molar-refractivity contribution < 1.29 is 9.59 Å². The van der Waals surface area contributed by atoms with Gasteiger partial charge >= 0.3 is 0 Å². The van der Waals surface area contributed by atoms with Crippen molar-refractivity contribution in [1.82, 2.24) is 4.90 Å². The molecular weight excluding hydrogens is 348 g/mol. The van der Waals surface area contributed by atoms with E-state index in [1.54, 1.807) is 18.9 Å². The van der Waals surface area contributed by atoms with Gasteiger partial charge in [-0.3, -0.25) is 9.59 Å². The molecule has 148 valence electrons. The Labute approximate surface area is 167 Å². The molecule has 1 N–H and O–H groups in total. The van der Waals surface area contributed by atoms with Crippen LogP contribution in [-0.4, -0.2) is 23.8 Å². The van der Waals surface area contributed by atoms with Crippen LogP contribution in [0.1, 0.15) is 57.2 Å². The number of carbonyl (C=O) groups excluding carboxylic acids is 2. The molecule has 2 aromatic rings. The van der Waals surface area contributed by atoms with Crippen LogP contribution in [0.5, 0.6) is 0 Å². The number of carbonyl (C=O) groups is 2. The second kappa shape index (κ2) is 7.42.